The topological polar surface area (TPSA) is 96.2 Å². The molecule has 0 fully saturated rings. The van der Waals surface area contributed by atoms with Crippen LogP contribution in [0.1, 0.15) is 53.2 Å². The Labute approximate surface area is 258 Å². The highest BCUT2D eigenvalue weighted by atomic mass is 79.9. The van der Waals surface area contributed by atoms with Crippen molar-refractivity contribution >= 4 is 56.6 Å². The van der Waals surface area contributed by atoms with Crippen molar-refractivity contribution in [3.8, 4) is 5.75 Å². The van der Waals surface area contributed by atoms with Crippen molar-refractivity contribution in [1.29, 1.82) is 0 Å². The summed E-state index contributed by atoms with van der Waals surface area (Å²) >= 11 is 6.33. The molecule has 1 aliphatic heterocycles. The van der Waals surface area contributed by atoms with Gasteiger partial charge in [0.1, 0.15) is 18.4 Å². The molecule has 8 nitrogen and oxygen atoms in total. The van der Waals surface area contributed by atoms with Gasteiger partial charge in [-0.1, -0.05) is 35.6 Å². The molecule has 0 unspecified atom stereocenters. The van der Waals surface area contributed by atoms with E-state index < -0.39 is 12.0 Å². The number of thiophene rings is 1. The fourth-order valence-electron chi connectivity index (χ4n) is 4.50. The number of aromatic nitrogens is 1. The van der Waals surface area contributed by atoms with Crippen molar-refractivity contribution in [3.63, 3.8) is 0 Å². The lowest BCUT2D eigenvalue weighted by Gasteiger charge is -2.23. The number of esters is 2. The van der Waals surface area contributed by atoms with E-state index in [1.54, 1.807) is 43.5 Å². The fraction of sp³-hybridized carbons (Fsp3) is 0.226. The van der Waals surface area contributed by atoms with Crippen LogP contribution in [-0.4, -0.2) is 29.7 Å². The maximum atomic E-state index is 13.7. The number of fused-ring (bicyclic) bond motifs is 1. The monoisotopic (exact) mass is 666 g/mol. The average molecular weight is 668 g/mol. The van der Waals surface area contributed by atoms with Gasteiger partial charge in [-0.25, -0.2) is 14.6 Å². The molecule has 5 rings (SSSR count). The largest absolute Gasteiger partial charge is 0.488 e. The number of halogens is 1. The van der Waals surface area contributed by atoms with Crippen LogP contribution in [0, 0.1) is 0 Å². The van der Waals surface area contributed by atoms with E-state index in [2.05, 4.69) is 20.9 Å². The molecule has 216 valence electrons. The Balaban J connectivity index is 1.40. The van der Waals surface area contributed by atoms with Gasteiger partial charge < -0.3 is 14.2 Å². The number of hydrogen-bond acceptors (Lipinski definition) is 9. The van der Waals surface area contributed by atoms with Crippen molar-refractivity contribution in [2.75, 3.05) is 13.2 Å². The van der Waals surface area contributed by atoms with Crippen molar-refractivity contribution in [2.24, 2.45) is 4.99 Å². The van der Waals surface area contributed by atoms with Gasteiger partial charge in [0, 0.05) is 4.88 Å². The molecule has 0 amide bonds. The third-order valence-corrected chi connectivity index (χ3v) is 8.97. The van der Waals surface area contributed by atoms with Crippen molar-refractivity contribution < 1.29 is 23.8 Å². The normalized spacial score (nSPS) is 14.8. The first-order chi connectivity index (χ1) is 20.3. The molecule has 0 aliphatic carbocycles. The summed E-state index contributed by atoms with van der Waals surface area (Å²) in [5.74, 6) is -0.191. The molecule has 2 aromatic carbocycles. The van der Waals surface area contributed by atoms with Crippen LogP contribution in [0.25, 0.3) is 6.08 Å². The number of thiazole rings is 1. The number of carbonyl (C=O) groups excluding carboxylic acids is 2. The number of benzene rings is 2. The van der Waals surface area contributed by atoms with Gasteiger partial charge in [-0.2, -0.15) is 0 Å². The molecule has 0 radical (unpaired) electrons. The lowest BCUT2D eigenvalue weighted by Crippen LogP contribution is -2.39. The first-order valence-corrected chi connectivity index (χ1v) is 15.7. The van der Waals surface area contributed by atoms with Gasteiger partial charge in [-0.3, -0.25) is 9.36 Å². The quantitative estimate of drug-likeness (QED) is 0.223. The first kappa shape index (κ1) is 29.7. The predicted octanol–water partition coefficient (Wildman–Crippen LogP) is 5.38. The Hall–Kier alpha value is -3.80. The lowest BCUT2D eigenvalue weighted by atomic mass is 10.0. The second-order valence-corrected chi connectivity index (χ2v) is 12.1. The second-order valence-electron chi connectivity index (χ2n) is 9.21. The zero-order chi connectivity index (χ0) is 29.8. The number of hydrogen-bond donors (Lipinski definition) is 0. The fourth-order valence-corrected chi connectivity index (χ4v) is 6.88. The summed E-state index contributed by atoms with van der Waals surface area (Å²) in [5, 5.41) is 1.92. The summed E-state index contributed by atoms with van der Waals surface area (Å²) < 4.78 is 19.1. The molecular formula is C31H27BrN2O6S2. The van der Waals surface area contributed by atoms with Gasteiger partial charge in [-0.05, 0) is 89.6 Å². The third-order valence-electron chi connectivity index (χ3n) is 6.44. The Morgan fingerprint density at radius 1 is 1.05 bits per heavy atom. The van der Waals surface area contributed by atoms with E-state index in [4.69, 9.17) is 14.2 Å². The summed E-state index contributed by atoms with van der Waals surface area (Å²) in [4.78, 5) is 44.5. The molecule has 11 heteroatoms. The average Bonchev–Trinajstić information content (AvgIpc) is 3.61. The van der Waals surface area contributed by atoms with Crippen molar-refractivity contribution in [2.45, 2.75) is 33.4 Å². The Morgan fingerprint density at radius 2 is 1.79 bits per heavy atom. The second kappa shape index (κ2) is 13.0. The molecule has 0 N–H and O–H groups in total. The van der Waals surface area contributed by atoms with Crippen LogP contribution in [-0.2, 0) is 20.9 Å². The summed E-state index contributed by atoms with van der Waals surface area (Å²) in [6.07, 6.45) is 1.81. The van der Waals surface area contributed by atoms with Crippen LogP contribution in [0.2, 0.25) is 0 Å². The zero-order valence-electron chi connectivity index (χ0n) is 23.1. The number of ether oxygens (including phenoxy) is 3. The van der Waals surface area contributed by atoms with E-state index in [1.165, 1.54) is 22.7 Å². The highest BCUT2D eigenvalue weighted by Gasteiger charge is 2.33. The van der Waals surface area contributed by atoms with E-state index in [0.29, 0.717) is 45.1 Å². The zero-order valence-corrected chi connectivity index (χ0v) is 26.3. The van der Waals surface area contributed by atoms with Crippen LogP contribution in [0.3, 0.4) is 0 Å². The summed E-state index contributed by atoms with van der Waals surface area (Å²) in [6.45, 7) is 6.16. The number of allylic oxidation sites excluding steroid dienone is 1. The van der Waals surface area contributed by atoms with Gasteiger partial charge in [0.05, 0.1) is 39.1 Å². The molecule has 4 aromatic rings. The standard InChI is InChI=1S/C31H27BrN2O6S2/c1-4-38-29(36)21-11-8-19(9-12-21)17-40-23-13-10-20(15-22(23)32)16-25-28(35)34-27(24-7-6-14-41-24)26(30(37)39-5-2)18(3)33-31(34)42-25/h6-16,27H,4-5,17H2,1-3H3/b25-16-/t27-/m0/s1. The van der Waals surface area contributed by atoms with Gasteiger partial charge in [0.15, 0.2) is 4.80 Å². The summed E-state index contributed by atoms with van der Waals surface area (Å²) in [5.41, 5.74) is 2.88. The maximum absolute atomic E-state index is 13.7. The number of carbonyl (C=O) groups is 2. The SMILES string of the molecule is CCOC(=O)C1=C(C)N=c2s/c(=C\c3ccc(OCc4ccc(C(=O)OCC)cc4)c(Br)c3)c(=O)n2[C@H]1c1cccs1. The van der Waals surface area contributed by atoms with Crippen LogP contribution in [0.4, 0.5) is 0 Å². The predicted molar refractivity (Wildman–Crippen MR) is 166 cm³/mol. The minimum atomic E-state index is -0.601. The van der Waals surface area contributed by atoms with Gasteiger partial charge >= 0.3 is 11.9 Å². The molecule has 3 heterocycles. The minimum absolute atomic E-state index is 0.228. The van der Waals surface area contributed by atoms with E-state index in [-0.39, 0.29) is 18.1 Å². The van der Waals surface area contributed by atoms with E-state index in [0.717, 1.165) is 20.5 Å². The van der Waals surface area contributed by atoms with Gasteiger partial charge in [0.25, 0.3) is 5.56 Å². The van der Waals surface area contributed by atoms with Crippen molar-refractivity contribution in [3.05, 3.63) is 117 Å². The molecule has 1 atom stereocenters. The smallest absolute Gasteiger partial charge is 0.338 e. The summed E-state index contributed by atoms with van der Waals surface area (Å²) in [7, 11) is 0. The van der Waals surface area contributed by atoms with Gasteiger partial charge in [-0.15, -0.1) is 11.3 Å². The highest BCUT2D eigenvalue weighted by molar-refractivity contribution is 9.10. The molecule has 0 bridgehead atoms. The van der Waals surface area contributed by atoms with E-state index in [1.807, 2.05) is 47.8 Å². The molecule has 42 heavy (non-hydrogen) atoms. The third kappa shape index (κ3) is 6.18. The van der Waals surface area contributed by atoms with E-state index in [9.17, 15) is 14.4 Å². The maximum Gasteiger partial charge on any atom is 0.338 e. The number of rotatable bonds is 9. The Kier molecular flexibility index (Phi) is 9.20. The molecule has 0 spiro atoms. The van der Waals surface area contributed by atoms with E-state index >= 15 is 0 Å². The Morgan fingerprint density at radius 3 is 2.45 bits per heavy atom. The van der Waals surface area contributed by atoms with Crippen LogP contribution in [0.5, 0.6) is 5.75 Å². The van der Waals surface area contributed by atoms with Gasteiger partial charge in [0.2, 0.25) is 0 Å². The van der Waals surface area contributed by atoms with Crippen LogP contribution in [0.15, 0.2) is 85.5 Å². The highest BCUT2D eigenvalue weighted by Crippen LogP contribution is 2.33. The molecule has 0 saturated carbocycles. The number of nitrogens with zero attached hydrogens (tertiary/aromatic N) is 2. The lowest BCUT2D eigenvalue weighted by molar-refractivity contribution is -0.139. The van der Waals surface area contributed by atoms with Crippen molar-refractivity contribution in [1.82, 2.24) is 4.57 Å². The van der Waals surface area contributed by atoms with Crippen LogP contribution < -0.4 is 19.6 Å². The minimum Gasteiger partial charge on any atom is -0.488 e. The first-order valence-electron chi connectivity index (χ1n) is 13.2. The molecule has 2 aromatic heterocycles. The molecular weight excluding hydrogens is 640 g/mol. The molecule has 1 aliphatic rings. The van der Waals surface area contributed by atoms with Crippen LogP contribution >= 0.6 is 38.6 Å². The Bertz CT molecular complexity index is 1840. The molecule has 0 saturated heterocycles. The summed E-state index contributed by atoms with van der Waals surface area (Å²) in [6, 6.07) is 15.9.